The lowest BCUT2D eigenvalue weighted by Crippen LogP contribution is -2.16. The fraction of sp³-hybridized carbons (Fsp3) is 0.250. The van der Waals surface area contributed by atoms with E-state index in [0.29, 0.717) is 10.2 Å². The van der Waals surface area contributed by atoms with Crippen molar-refractivity contribution in [3.63, 3.8) is 0 Å². The van der Waals surface area contributed by atoms with Crippen LogP contribution in [0, 0.1) is 0 Å². The van der Waals surface area contributed by atoms with Crippen LogP contribution in [0.1, 0.15) is 26.3 Å². The van der Waals surface area contributed by atoms with Crippen molar-refractivity contribution < 1.29 is 13.5 Å². The minimum absolute atomic E-state index is 0.00251. The Morgan fingerprint density at radius 1 is 1.09 bits per heavy atom. The summed E-state index contributed by atoms with van der Waals surface area (Å²) in [6, 6.07) is 11.3. The number of phenolic OH excluding ortho intramolecular Hbond substituents is 1. The van der Waals surface area contributed by atoms with Crippen LogP contribution in [0.25, 0.3) is 0 Å². The van der Waals surface area contributed by atoms with Gasteiger partial charge in [0.25, 0.3) is 10.0 Å². The van der Waals surface area contributed by atoms with Gasteiger partial charge in [0.2, 0.25) is 0 Å². The zero-order valence-corrected chi connectivity index (χ0v) is 15.0. The van der Waals surface area contributed by atoms with E-state index < -0.39 is 10.0 Å². The molecule has 4 nitrogen and oxygen atoms in total. The van der Waals surface area contributed by atoms with E-state index in [1.807, 2.05) is 26.8 Å². The van der Waals surface area contributed by atoms with Gasteiger partial charge in [-0.05, 0) is 51.2 Å². The van der Waals surface area contributed by atoms with Crippen molar-refractivity contribution in [1.82, 2.24) is 0 Å². The van der Waals surface area contributed by atoms with Crippen molar-refractivity contribution >= 4 is 31.6 Å². The highest BCUT2D eigenvalue weighted by molar-refractivity contribution is 9.10. The third-order valence-corrected chi connectivity index (χ3v) is 5.56. The highest BCUT2D eigenvalue weighted by atomic mass is 79.9. The number of halogens is 1. The lowest BCUT2D eigenvalue weighted by molar-refractivity contribution is 0.475. The average Bonchev–Trinajstić information content (AvgIpc) is 2.36. The number of anilines is 1. The van der Waals surface area contributed by atoms with Gasteiger partial charge in [-0.15, -0.1) is 0 Å². The molecule has 0 saturated heterocycles. The van der Waals surface area contributed by atoms with E-state index >= 15 is 0 Å². The van der Waals surface area contributed by atoms with Gasteiger partial charge in [0.15, 0.2) is 0 Å². The number of nitrogens with one attached hydrogen (secondary N) is 1. The SMILES string of the molecule is CC(C)(C)c1ccc(Br)c(S(=O)(=O)Nc2cccc(O)c2)c1. The molecule has 0 fully saturated rings. The van der Waals surface area contributed by atoms with Gasteiger partial charge in [0.1, 0.15) is 10.6 Å². The van der Waals surface area contributed by atoms with Gasteiger partial charge in [0, 0.05) is 10.5 Å². The van der Waals surface area contributed by atoms with Crippen LogP contribution in [-0.2, 0) is 15.4 Å². The molecule has 0 aliphatic rings. The van der Waals surface area contributed by atoms with Gasteiger partial charge >= 0.3 is 0 Å². The van der Waals surface area contributed by atoms with Gasteiger partial charge < -0.3 is 5.11 Å². The zero-order chi connectivity index (χ0) is 16.5. The molecular formula is C16H18BrNO3S. The number of hydrogen-bond acceptors (Lipinski definition) is 3. The van der Waals surface area contributed by atoms with Crippen molar-refractivity contribution in [2.75, 3.05) is 4.72 Å². The Kier molecular flexibility index (Phi) is 4.54. The first-order valence-electron chi connectivity index (χ1n) is 6.71. The summed E-state index contributed by atoms with van der Waals surface area (Å²) < 4.78 is 28.2. The largest absolute Gasteiger partial charge is 0.508 e. The number of phenols is 1. The van der Waals surface area contributed by atoms with Crippen molar-refractivity contribution in [2.45, 2.75) is 31.1 Å². The molecule has 0 aromatic heterocycles. The quantitative estimate of drug-likeness (QED) is 0.831. The maximum Gasteiger partial charge on any atom is 0.263 e. The Bertz CT molecular complexity index is 795. The molecule has 2 rings (SSSR count). The van der Waals surface area contributed by atoms with Gasteiger partial charge in [-0.3, -0.25) is 4.72 Å². The molecule has 0 radical (unpaired) electrons. The fourth-order valence-electron chi connectivity index (χ4n) is 1.96. The Labute approximate surface area is 139 Å². The normalized spacial score (nSPS) is 12.2. The van der Waals surface area contributed by atoms with Crippen molar-refractivity contribution in [3.05, 3.63) is 52.5 Å². The lowest BCUT2D eigenvalue weighted by atomic mass is 9.87. The molecule has 0 bridgehead atoms. The lowest BCUT2D eigenvalue weighted by Gasteiger charge is -2.20. The molecule has 0 saturated carbocycles. The van der Waals surface area contributed by atoms with Crippen molar-refractivity contribution in [1.29, 1.82) is 0 Å². The molecule has 2 N–H and O–H groups in total. The first-order valence-corrected chi connectivity index (χ1v) is 8.99. The van der Waals surface area contributed by atoms with Crippen LogP contribution in [0.4, 0.5) is 5.69 Å². The first-order chi connectivity index (χ1) is 10.1. The molecule has 0 atom stereocenters. The van der Waals surface area contributed by atoms with E-state index in [9.17, 15) is 13.5 Å². The summed E-state index contributed by atoms with van der Waals surface area (Å²) in [5.74, 6) is 0.00251. The predicted molar refractivity (Wildman–Crippen MR) is 91.8 cm³/mol. The Morgan fingerprint density at radius 2 is 1.77 bits per heavy atom. The summed E-state index contributed by atoms with van der Waals surface area (Å²) in [7, 11) is -3.75. The van der Waals surface area contributed by atoms with Gasteiger partial charge in [0.05, 0.1) is 5.69 Å². The second-order valence-corrected chi connectivity index (χ2v) is 8.56. The van der Waals surface area contributed by atoms with Crippen molar-refractivity contribution in [3.8, 4) is 5.75 Å². The van der Waals surface area contributed by atoms with Gasteiger partial charge in [-0.1, -0.05) is 32.9 Å². The van der Waals surface area contributed by atoms with Gasteiger partial charge in [-0.2, -0.15) is 0 Å². The minimum atomic E-state index is -3.75. The summed E-state index contributed by atoms with van der Waals surface area (Å²) in [6.45, 7) is 6.07. The molecular weight excluding hydrogens is 366 g/mol. The van der Waals surface area contributed by atoms with E-state index in [-0.39, 0.29) is 16.1 Å². The van der Waals surface area contributed by atoms with E-state index in [2.05, 4.69) is 20.7 Å². The first kappa shape index (κ1) is 16.8. The summed E-state index contributed by atoms with van der Waals surface area (Å²) in [4.78, 5) is 0.170. The standard InChI is InChI=1S/C16H18BrNO3S/c1-16(2,3)11-7-8-14(17)15(9-11)22(20,21)18-12-5-4-6-13(19)10-12/h4-10,18-19H,1-3H3. The molecule has 6 heteroatoms. The fourth-order valence-corrected chi connectivity index (χ4v) is 4.00. The van der Waals surface area contributed by atoms with Crippen LogP contribution in [-0.4, -0.2) is 13.5 Å². The number of aromatic hydroxyl groups is 1. The summed E-state index contributed by atoms with van der Waals surface area (Å²) in [6.07, 6.45) is 0. The summed E-state index contributed by atoms with van der Waals surface area (Å²) in [5, 5.41) is 9.44. The molecule has 0 amide bonds. The Hall–Kier alpha value is -1.53. The maximum atomic E-state index is 12.6. The summed E-state index contributed by atoms with van der Waals surface area (Å²) in [5.41, 5.74) is 1.08. The molecule has 22 heavy (non-hydrogen) atoms. The smallest absolute Gasteiger partial charge is 0.263 e. The molecule has 0 unspecified atom stereocenters. The molecule has 0 aliphatic heterocycles. The third kappa shape index (κ3) is 3.81. The van der Waals surface area contributed by atoms with Crippen LogP contribution in [0.5, 0.6) is 5.75 Å². The Balaban J connectivity index is 2.45. The third-order valence-electron chi connectivity index (χ3n) is 3.19. The van der Waals surface area contributed by atoms with Crippen molar-refractivity contribution in [2.24, 2.45) is 0 Å². The molecule has 0 heterocycles. The van der Waals surface area contributed by atoms with Gasteiger partial charge in [-0.25, -0.2) is 8.42 Å². The van der Waals surface area contributed by atoms with Crippen LogP contribution in [0.2, 0.25) is 0 Å². The van der Waals surface area contributed by atoms with Crippen LogP contribution in [0.3, 0.4) is 0 Å². The van der Waals surface area contributed by atoms with Crippen LogP contribution >= 0.6 is 15.9 Å². The molecule has 0 spiro atoms. The second-order valence-electron chi connectivity index (χ2n) is 6.05. The van der Waals surface area contributed by atoms with E-state index in [4.69, 9.17) is 0 Å². The van der Waals surface area contributed by atoms with Crippen LogP contribution < -0.4 is 4.72 Å². The number of benzene rings is 2. The molecule has 118 valence electrons. The zero-order valence-electron chi connectivity index (χ0n) is 12.6. The molecule has 2 aromatic carbocycles. The highest BCUT2D eigenvalue weighted by Gasteiger charge is 2.22. The minimum Gasteiger partial charge on any atom is -0.508 e. The maximum absolute atomic E-state index is 12.6. The van der Waals surface area contributed by atoms with Crippen LogP contribution in [0.15, 0.2) is 51.8 Å². The molecule has 0 aliphatic carbocycles. The number of hydrogen-bond donors (Lipinski definition) is 2. The summed E-state index contributed by atoms with van der Waals surface area (Å²) >= 11 is 3.29. The monoisotopic (exact) mass is 383 g/mol. The highest BCUT2D eigenvalue weighted by Crippen LogP contribution is 2.31. The van der Waals surface area contributed by atoms with E-state index in [1.54, 1.807) is 24.3 Å². The van der Waals surface area contributed by atoms with E-state index in [1.165, 1.54) is 12.1 Å². The number of sulfonamides is 1. The topological polar surface area (TPSA) is 66.4 Å². The second kappa shape index (κ2) is 5.93. The average molecular weight is 384 g/mol. The number of rotatable bonds is 3. The molecule has 2 aromatic rings. The predicted octanol–water partition coefficient (Wildman–Crippen LogP) is 4.25. The Morgan fingerprint density at radius 3 is 2.36 bits per heavy atom. The van der Waals surface area contributed by atoms with E-state index in [0.717, 1.165) is 5.56 Å².